The van der Waals surface area contributed by atoms with Crippen LogP contribution in [-0.4, -0.2) is 66.3 Å². The molecule has 9 nitrogen and oxygen atoms in total. The molecule has 0 spiro atoms. The van der Waals surface area contributed by atoms with Crippen molar-refractivity contribution in [1.82, 2.24) is 14.9 Å². The molecule has 208 valence electrons. The summed E-state index contributed by atoms with van der Waals surface area (Å²) in [5.41, 5.74) is 9.15. The molecule has 1 saturated heterocycles. The van der Waals surface area contributed by atoms with Crippen molar-refractivity contribution < 1.29 is 14.3 Å². The zero-order valence-electron chi connectivity index (χ0n) is 22.5. The topological polar surface area (TPSA) is 115 Å². The lowest BCUT2D eigenvalue weighted by Gasteiger charge is -2.34. The van der Waals surface area contributed by atoms with Gasteiger partial charge in [0.05, 0.1) is 32.2 Å². The Morgan fingerprint density at radius 2 is 2.00 bits per heavy atom. The fourth-order valence-electron chi connectivity index (χ4n) is 6.89. The van der Waals surface area contributed by atoms with Crippen molar-refractivity contribution in [3.63, 3.8) is 0 Å². The Balaban J connectivity index is 1.18. The lowest BCUT2D eigenvalue weighted by atomic mass is 9.84. The number of ether oxygens (including phenoxy) is 2. The average molecular weight is 553 g/mol. The molecule has 3 aliphatic carbocycles. The van der Waals surface area contributed by atoms with E-state index in [0.29, 0.717) is 22.8 Å². The van der Waals surface area contributed by atoms with Crippen LogP contribution in [0.15, 0.2) is 30.5 Å². The first kappa shape index (κ1) is 26.3. The molecule has 4 N–H and O–H groups in total. The Hall–Kier alpha value is -2.88. The number of benzene rings is 1. The average Bonchev–Trinajstić information content (AvgIpc) is 3.67. The number of nitrogens with two attached hydrogens (primary N) is 1. The monoisotopic (exact) mass is 552 g/mol. The second-order valence-corrected chi connectivity index (χ2v) is 11.6. The maximum Gasteiger partial charge on any atom is 0.229 e. The first-order valence-corrected chi connectivity index (χ1v) is 14.4. The summed E-state index contributed by atoms with van der Waals surface area (Å²) in [6, 6.07) is 4.87. The van der Waals surface area contributed by atoms with Gasteiger partial charge < -0.3 is 25.8 Å². The number of amides is 1. The third-order valence-electron chi connectivity index (χ3n) is 8.97. The zero-order chi connectivity index (χ0) is 27.1. The second-order valence-electron chi connectivity index (χ2n) is 11.2. The maximum absolute atomic E-state index is 12.1. The van der Waals surface area contributed by atoms with Crippen LogP contribution in [0.3, 0.4) is 0 Å². The Morgan fingerprint density at radius 3 is 2.77 bits per heavy atom. The van der Waals surface area contributed by atoms with E-state index in [0.717, 1.165) is 63.4 Å². The van der Waals surface area contributed by atoms with Crippen LogP contribution in [0.2, 0.25) is 5.02 Å². The second kappa shape index (κ2) is 10.9. The molecule has 6 atom stereocenters. The molecule has 2 fully saturated rings. The summed E-state index contributed by atoms with van der Waals surface area (Å²) in [7, 11) is 1.72. The van der Waals surface area contributed by atoms with Crippen LogP contribution in [0.4, 0.5) is 17.5 Å². The molecule has 2 heterocycles. The van der Waals surface area contributed by atoms with Crippen LogP contribution in [-0.2, 0) is 22.4 Å². The van der Waals surface area contributed by atoms with Gasteiger partial charge in [-0.1, -0.05) is 36.7 Å². The number of hydrogen-bond donors (Lipinski definition) is 3. The number of primary amides is 1. The van der Waals surface area contributed by atoms with Gasteiger partial charge in [0.25, 0.3) is 0 Å². The van der Waals surface area contributed by atoms with Gasteiger partial charge in [-0.2, -0.15) is 4.98 Å². The summed E-state index contributed by atoms with van der Waals surface area (Å²) in [6.45, 7) is 5.70. The van der Waals surface area contributed by atoms with Crippen LogP contribution in [0.5, 0.6) is 5.75 Å². The number of fused-ring (bicyclic) bond motifs is 2. The first-order chi connectivity index (χ1) is 18.9. The number of anilines is 3. The quantitative estimate of drug-likeness (QED) is 0.351. The third-order valence-corrected chi connectivity index (χ3v) is 9.25. The fraction of sp³-hybridized carbons (Fsp3) is 0.552. The Kier molecular flexibility index (Phi) is 7.39. The van der Waals surface area contributed by atoms with Crippen LogP contribution >= 0.6 is 11.6 Å². The highest BCUT2D eigenvalue weighted by Gasteiger charge is 2.57. The van der Waals surface area contributed by atoms with E-state index < -0.39 is 0 Å². The number of methoxy groups -OCH3 is 1. The Bertz CT molecular complexity index is 1270. The summed E-state index contributed by atoms with van der Waals surface area (Å²) >= 11 is 6.48. The lowest BCUT2D eigenvalue weighted by molar-refractivity contribution is -0.123. The number of nitrogens with zero attached hydrogens (tertiary/aromatic N) is 3. The number of carbonyl (C=O) groups is 1. The number of halogens is 1. The molecule has 1 aromatic carbocycles. The highest BCUT2D eigenvalue weighted by atomic mass is 35.5. The Morgan fingerprint density at radius 1 is 1.21 bits per heavy atom. The predicted octanol–water partition coefficient (Wildman–Crippen LogP) is 3.80. The largest absolute Gasteiger partial charge is 0.494 e. The van der Waals surface area contributed by atoms with E-state index >= 15 is 0 Å². The molecule has 6 rings (SSSR count). The van der Waals surface area contributed by atoms with Gasteiger partial charge in [0.2, 0.25) is 11.9 Å². The van der Waals surface area contributed by atoms with Gasteiger partial charge in [-0.3, -0.25) is 9.69 Å². The van der Waals surface area contributed by atoms with Crippen LogP contribution in [0, 0.1) is 23.7 Å². The van der Waals surface area contributed by atoms with Gasteiger partial charge >= 0.3 is 0 Å². The van der Waals surface area contributed by atoms with E-state index in [2.05, 4.69) is 44.8 Å². The van der Waals surface area contributed by atoms with Crippen LogP contribution < -0.4 is 21.1 Å². The van der Waals surface area contributed by atoms with E-state index in [9.17, 15) is 4.79 Å². The lowest BCUT2D eigenvalue weighted by Crippen LogP contribution is -2.43. The van der Waals surface area contributed by atoms with E-state index in [1.807, 2.05) is 6.92 Å². The minimum Gasteiger partial charge on any atom is -0.494 e. The number of allylic oxidation sites excluding steroid dienone is 1. The Labute approximate surface area is 234 Å². The van der Waals surface area contributed by atoms with Gasteiger partial charge in [-0.25, -0.2) is 4.98 Å². The summed E-state index contributed by atoms with van der Waals surface area (Å²) in [5, 5.41) is 7.25. The molecule has 0 radical (unpaired) electrons. The number of aryl methyl sites for hydroxylation is 1. The molecule has 4 aliphatic rings. The van der Waals surface area contributed by atoms with Crippen molar-refractivity contribution in [2.45, 2.75) is 44.7 Å². The molecule has 1 unspecified atom stereocenters. The van der Waals surface area contributed by atoms with Crippen molar-refractivity contribution in [1.29, 1.82) is 0 Å². The molecule has 1 saturated carbocycles. The van der Waals surface area contributed by atoms with E-state index in [-0.39, 0.29) is 35.6 Å². The normalized spacial score (nSPS) is 30.0. The minimum absolute atomic E-state index is 0.0605. The SMILES string of the molecule is COc1c(Nc2ncc(Cl)c(NC3[C@H]4[C@@H](C(N)=O)[C@@H](C)C=C[C@@H]34)n2)ccc2c1CC[C@@H](N1CCOCC1)CC2. The summed E-state index contributed by atoms with van der Waals surface area (Å²) in [5.74, 6) is 1.89. The highest BCUT2D eigenvalue weighted by molar-refractivity contribution is 6.32. The molecule has 39 heavy (non-hydrogen) atoms. The van der Waals surface area contributed by atoms with Crippen molar-refractivity contribution in [3.05, 3.63) is 46.6 Å². The third kappa shape index (κ3) is 5.19. The predicted molar refractivity (Wildman–Crippen MR) is 152 cm³/mol. The molecule has 1 aromatic heterocycles. The smallest absolute Gasteiger partial charge is 0.229 e. The number of rotatable bonds is 7. The van der Waals surface area contributed by atoms with Gasteiger partial charge in [0.1, 0.15) is 10.8 Å². The van der Waals surface area contributed by atoms with Gasteiger partial charge in [0, 0.05) is 37.0 Å². The molecule has 0 bridgehead atoms. The molecule has 1 aliphatic heterocycles. The van der Waals surface area contributed by atoms with E-state index in [4.69, 9.17) is 31.8 Å². The molecule has 2 aromatic rings. The molecular formula is C29H37ClN6O3. The minimum atomic E-state index is -0.256. The fourth-order valence-corrected chi connectivity index (χ4v) is 7.03. The van der Waals surface area contributed by atoms with Crippen molar-refractivity contribution in [2.75, 3.05) is 44.0 Å². The standard InChI is InChI=1S/C29H37ClN6O3/c1-16-3-8-20-24(23(16)27(31)37)25(20)34-28-21(30)15-32-29(35-28)33-22-10-5-17-4-6-18(36-11-13-39-14-12-36)7-9-19(17)26(22)38-2/h3,5,8,10,15-16,18,20,23-25H,4,6-7,9,11-14H2,1-2H3,(H2,31,37)(H2,32,33,34,35)/t16-,18-,20+,23-,24+,25?/m0/s1. The van der Waals surface area contributed by atoms with E-state index in [1.165, 1.54) is 11.1 Å². The zero-order valence-corrected chi connectivity index (χ0v) is 23.3. The van der Waals surface area contributed by atoms with Gasteiger partial charge in [-0.05, 0) is 54.7 Å². The molecule has 1 amide bonds. The number of carbonyl (C=O) groups excluding carboxylic acids is 1. The number of hydrogen-bond acceptors (Lipinski definition) is 8. The summed E-state index contributed by atoms with van der Waals surface area (Å²) in [6.07, 6.45) is 10.1. The number of morpholine rings is 1. The van der Waals surface area contributed by atoms with Crippen LogP contribution in [0.1, 0.15) is 30.9 Å². The summed E-state index contributed by atoms with van der Waals surface area (Å²) in [4.78, 5) is 23.8. The molecule has 10 heteroatoms. The number of nitrogens with one attached hydrogen (secondary N) is 2. The van der Waals surface area contributed by atoms with E-state index in [1.54, 1.807) is 13.3 Å². The van der Waals surface area contributed by atoms with Crippen molar-refractivity contribution >= 4 is 35.0 Å². The van der Waals surface area contributed by atoms with Crippen molar-refractivity contribution in [2.24, 2.45) is 29.4 Å². The molecular weight excluding hydrogens is 516 g/mol. The highest BCUT2D eigenvalue weighted by Crippen LogP contribution is 2.53. The van der Waals surface area contributed by atoms with Crippen molar-refractivity contribution in [3.8, 4) is 5.75 Å². The van der Waals surface area contributed by atoms with Gasteiger partial charge in [-0.15, -0.1) is 0 Å². The van der Waals surface area contributed by atoms with Gasteiger partial charge in [0.15, 0.2) is 5.82 Å². The first-order valence-electron chi connectivity index (χ1n) is 14.0. The van der Waals surface area contributed by atoms with Crippen LogP contribution in [0.25, 0.3) is 0 Å². The number of aromatic nitrogens is 2. The maximum atomic E-state index is 12.1. The summed E-state index contributed by atoms with van der Waals surface area (Å²) < 4.78 is 11.5.